The second kappa shape index (κ2) is 10.6. The van der Waals surface area contributed by atoms with Crippen LogP contribution in [0.25, 0.3) is 0 Å². The maximum atomic E-state index is 14.6. The molecule has 3 saturated heterocycles. The van der Waals surface area contributed by atoms with Gasteiger partial charge in [0.15, 0.2) is 0 Å². The van der Waals surface area contributed by atoms with E-state index in [0.717, 1.165) is 25.2 Å². The lowest BCUT2D eigenvalue weighted by Gasteiger charge is -2.40. The van der Waals surface area contributed by atoms with Gasteiger partial charge >= 0.3 is 0 Å². The number of carbonyl (C=O) groups is 3. The summed E-state index contributed by atoms with van der Waals surface area (Å²) in [6.07, 6.45) is 8.11. The van der Waals surface area contributed by atoms with E-state index in [1.165, 1.54) is 0 Å². The van der Waals surface area contributed by atoms with Crippen molar-refractivity contribution in [3.05, 3.63) is 60.2 Å². The number of likely N-dealkylation sites (tertiary alicyclic amines) is 1. The highest BCUT2D eigenvalue weighted by molar-refractivity contribution is 8.02. The number of morpholine rings is 1. The van der Waals surface area contributed by atoms with Crippen LogP contribution in [0.3, 0.4) is 0 Å². The summed E-state index contributed by atoms with van der Waals surface area (Å²) >= 11 is 1.57. The van der Waals surface area contributed by atoms with Crippen LogP contribution in [0.5, 0.6) is 0 Å². The molecular weight excluding hydrogens is 528 g/mol. The third-order valence-electron chi connectivity index (χ3n) is 9.26. The zero-order chi connectivity index (χ0) is 28.1. The van der Waals surface area contributed by atoms with Crippen LogP contribution < -0.4 is 0 Å². The molecule has 0 aliphatic carbocycles. The number of rotatable bonds is 6. The lowest BCUT2D eigenvalue weighted by atomic mass is 9.74. The topological polar surface area (TPSA) is 93.6 Å². The zero-order valence-corrected chi connectivity index (χ0v) is 24.0. The summed E-state index contributed by atoms with van der Waals surface area (Å²) in [6.45, 7) is 6.92. The highest BCUT2D eigenvalue weighted by Crippen LogP contribution is 2.66. The molecule has 0 radical (unpaired) electrons. The van der Waals surface area contributed by atoms with E-state index in [9.17, 15) is 19.5 Å². The number of amides is 3. The summed E-state index contributed by atoms with van der Waals surface area (Å²) < 4.78 is 3.92. The Labute approximate surface area is 239 Å². The summed E-state index contributed by atoms with van der Waals surface area (Å²) in [5, 5.41) is 10.7. The van der Waals surface area contributed by atoms with Crippen LogP contribution in [0.15, 0.2) is 54.6 Å². The maximum Gasteiger partial charge on any atom is 0.247 e. The molecule has 5 heterocycles. The molecule has 6 rings (SSSR count). The Balaban J connectivity index is 1.43. The molecular formula is C30H38N4O5S. The number of aliphatic hydroxyl groups excluding tert-OH is 1. The van der Waals surface area contributed by atoms with Gasteiger partial charge < -0.3 is 24.5 Å². The number of carbonyl (C=O) groups excluding carboxylic acids is 3. The zero-order valence-electron chi connectivity index (χ0n) is 23.1. The number of thioether (sulfide) groups is 1. The molecule has 214 valence electrons. The molecule has 10 heteroatoms. The van der Waals surface area contributed by atoms with Crippen molar-refractivity contribution in [1.82, 2.24) is 19.6 Å². The summed E-state index contributed by atoms with van der Waals surface area (Å²) in [4.78, 5) is 50.5. The average Bonchev–Trinajstić information content (AvgIpc) is 3.24. The Morgan fingerprint density at radius 2 is 1.70 bits per heavy atom. The molecule has 9 nitrogen and oxygen atoms in total. The Morgan fingerprint density at radius 1 is 0.975 bits per heavy atom. The molecule has 1 unspecified atom stereocenters. The Morgan fingerprint density at radius 3 is 2.42 bits per heavy atom. The van der Waals surface area contributed by atoms with Gasteiger partial charge in [-0.05, 0) is 12.5 Å². The van der Waals surface area contributed by atoms with Gasteiger partial charge in [0, 0.05) is 51.1 Å². The molecule has 6 atom stereocenters. The SMILES string of the molecule is CN1CC=C[C@@]2(C)S[C@]34C=CCN(CCN5CCOCC5)C(=O)C3N([C@H](CO)c3ccccc3)C(=O)[C@@H]4[C@H]2C1=O. The molecule has 1 N–H and O–H groups in total. The van der Waals surface area contributed by atoms with Crippen molar-refractivity contribution in [1.29, 1.82) is 0 Å². The van der Waals surface area contributed by atoms with E-state index in [2.05, 4.69) is 11.0 Å². The second-order valence-corrected chi connectivity index (χ2v) is 13.4. The molecule has 0 aromatic heterocycles. The number of fused-ring (bicyclic) bond motifs is 2. The van der Waals surface area contributed by atoms with Crippen LogP contribution in [-0.4, -0.2) is 124 Å². The smallest absolute Gasteiger partial charge is 0.247 e. The number of aliphatic hydroxyl groups is 1. The largest absolute Gasteiger partial charge is 0.394 e. The van der Waals surface area contributed by atoms with Gasteiger partial charge in [0.25, 0.3) is 0 Å². The average molecular weight is 567 g/mol. The lowest BCUT2D eigenvalue weighted by Crippen LogP contribution is -2.55. The molecule has 5 aliphatic heterocycles. The molecule has 3 fully saturated rings. The first-order chi connectivity index (χ1) is 19.3. The van der Waals surface area contributed by atoms with Gasteiger partial charge in [-0.25, -0.2) is 0 Å². The number of likely N-dealkylation sites (N-methyl/N-ethyl adjacent to an activating group) is 1. The van der Waals surface area contributed by atoms with Gasteiger partial charge in [0.2, 0.25) is 17.7 Å². The van der Waals surface area contributed by atoms with Crippen molar-refractivity contribution in [2.75, 3.05) is 66.1 Å². The van der Waals surface area contributed by atoms with Crippen molar-refractivity contribution in [2.45, 2.75) is 28.5 Å². The summed E-state index contributed by atoms with van der Waals surface area (Å²) in [5.41, 5.74) is 0.770. The maximum absolute atomic E-state index is 14.6. The Kier molecular flexibility index (Phi) is 7.31. The molecule has 3 amide bonds. The normalized spacial score (nSPS) is 34.9. The highest BCUT2D eigenvalue weighted by Gasteiger charge is 2.74. The quantitative estimate of drug-likeness (QED) is 0.517. The van der Waals surface area contributed by atoms with Crippen molar-refractivity contribution in [3.63, 3.8) is 0 Å². The van der Waals surface area contributed by atoms with E-state index in [4.69, 9.17) is 4.74 Å². The summed E-state index contributed by atoms with van der Waals surface area (Å²) in [5.74, 6) is -1.78. The van der Waals surface area contributed by atoms with Crippen LogP contribution in [0.2, 0.25) is 0 Å². The lowest BCUT2D eigenvalue weighted by molar-refractivity contribution is -0.147. The van der Waals surface area contributed by atoms with E-state index < -0.39 is 33.4 Å². The minimum atomic E-state index is -0.929. The van der Waals surface area contributed by atoms with Crippen LogP contribution in [0, 0.1) is 11.8 Å². The van der Waals surface area contributed by atoms with Gasteiger partial charge in [-0.3, -0.25) is 19.3 Å². The molecule has 5 aliphatic rings. The number of hydrogen-bond acceptors (Lipinski definition) is 7. The van der Waals surface area contributed by atoms with Crippen LogP contribution in [0.1, 0.15) is 18.5 Å². The fourth-order valence-electron chi connectivity index (χ4n) is 7.28. The predicted octanol–water partition coefficient (Wildman–Crippen LogP) is 1.17. The van der Waals surface area contributed by atoms with E-state index in [0.29, 0.717) is 32.8 Å². The minimum Gasteiger partial charge on any atom is -0.394 e. The van der Waals surface area contributed by atoms with E-state index in [1.807, 2.05) is 60.4 Å². The first-order valence-corrected chi connectivity index (χ1v) is 15.0. The molecule has 1 aromatic rings. The number of nitrogens with zero attached hydrogens (tertiary/aromatic N) is 4. The highest BCUT2D eigenvalue weighted by atomic mass is 32.2. The standard InChI is InChI=1S/C30H38N4O5S/c1-29-10-6-12-31(2)26(36)23(29)24-27(37)34(22(20-35)21-8-4-3-5-9-21)25-28(38)33(13-7-11-30(24,25)40-29)15-14-32-16-18-39-19-17-32/h3-11,22-25,35H,12-20H2,1-2H3/t22-,23+,24+,25?,29-,30+/m1/s1. The summed E-state index contributed by atoms with van der Waals surface area (Å²) in [7, 11) is 1.77. The molecule has 1 spiro atoms. The Bertz CT molecular complexity index is 1220. The van der Waals surface area contributed by atoms with Crippen molar-refractivity contribution >= 4 is 29.5 Å². The van der Waals surface area contributed by atoms with Crippen LogP contribution in [-0.2, 0) is 19.1 Å². The molecule has 0 saturated carbocycles. The van der Waals surface area contributed by atoms with Crippen molar-refractivity contribution < 1.29 is 24.2 Å². The summed E-state index contributed by atoms with van der Waals surface area (Å²) in [6, 6.07) is 7.86. The van der Waals surface area contributed by atoms with Crippen molar-refractivity contribution in [2.24, 2.45) is 11.8 Å². The van der Waals surface area contributed by atoms with E-state index in [-0.39, 0.29) is 24.3 Å². The van der Waals surface area contributed by atoms with E-state index >= 15 is 0 Å². The van der Waals surface area contributed by atoms with Gasteiger partial charge in [-0.1, -0.05) is 54.6 Å². The third kappa shape index (κ3) is 4.31. The first kappa shape index (κ1) is 27.5. The van der Waals surface area contributed by atoms with E-state index in [1.54, 1.807) is 28.6 Å². The van der Waals surface area contributed by atoms with Gasteiger partial charge in [-0.15, -0.1) is 11.8 Å². The van der Waals surface area contributed by atoms with Crippen LogP contribution in [0.4, 0.5) is 0 Å². The second-order valence-electron chi connectivity index (χ2n) is 11.6. The fourth-order valence-corrected chi connectivity index (χ4v) is 9.43. The monoisotopic (exact) mass is 566 g/mol. The molecule has 40 heavy (non-hydrogen) atoms. The van der Waals surface area contributed by atoms with Crippen LogP contribution >= 0.6 is 11.8 Å². The van der Waals surface area contributed by atoms with Gasteiger partial charge in [0.1, 0.15) is 6.04 Å². The van der Waals surface area contributed by atoms with Gasteiger partial charge in [0.05, 0.1) is 42.4 Å². The third-order valence-corrected chi connectivity index (χ3v) is 11.1. The predicted molar refractivity (Wildman–Crippen MR) is 152 cm³/mol. The first-order valence-electron chi connectivity index (χ1n) is 14.2. The minimum absolute atomic E-state index is 0.0784. The molecule has 1 aromatic carbocycles. The number of benzene rings is 1. The number of hydrogen-bond donors (Lipinski definition) is 1. The fraction of sp³-hybridized carbons (Fsp3) is 0.567. The Hall–Kier alpha value is -2.66. The number of ether oxygens (including phenoxy) is 1. The molecule has 0 bridgehead atoms. The van der Waals surface area contributed by atoms with Gasteiger partial charge in [-0.2, -0.15) is 0 Å². The van der Waals surface area contributed by atoms with Crippen molar-refractivity contribution in [3.8, 4) is 0 Å².